The van der Waals surface area contributed by atoms with Crippen LogP contribution in [0.4, 0.5) is 0 Å². The predicted molar refractivity (Wildman–Crippen MR) is 104 cm³/mol. The highest BCUT2D eigenvalue weighted by atomic mass is 28.3. The Balaban J connectivity index is 2.14. The number of hydrogen-bond donors (Lipinski definition) is 0. The van der Waals surface area contributed by atoms with E-state index >= 15 is 0 Å². The average Bonchev–Trinajstić information content (AvgIpc) is 2.73. The smallest absolute Gasteiger partial charge is 0.295 e. The van der Waals surface area contributed by atoms with Gasteiger partial charge in [0.25, 0.3) is 8.07 Å². The monoisotopic (exact) mass is 358 g/mol. The molecule has 0 radical (unpaired) electrons. The number of carbonyl (C=O) groups is 3. The number of hydrogen-bond acceptors (Lipinski definition) is 3. The molecule has 0 aliphatic heterocycles. The second kappa shape index (κ2) is 7.41. The minimum atomic E-state index is -3.70. The third-order valence-corrected chi connectivity index (χ3v) is 8.06. The molecule has 0 saturated heterocycles. The largest absolute Gasteiger partial charge is 0.299 e. The van der Waals surface area contributed by atoms with Crippen LogP contribution in [0.1, 0.15) is 31.1 Å². The van der Waals surface area contributed by atoms with E-state index in [1.54, 1.807) is 97.5 Å². The van der Waals surface area contributed by atoms with Crippen LogP contribution >= 0.6 is 0 Å². The summed E-state index contributed by atoms with van der Waals surface area (Å²) < 4.78 is 0. The quantitative estimate of drug-likeness (QED) is 0.616. The van der Waals surface area contributed by atoms with E-state index in [1.165, 1.54) is 0 Å². The van der Waals surface area contributed by atoms with Crippen LogP contribution < -0.4 is 0 Å². The third-order valence-electron chi connectivity index (χ3n) is 4.47. The minimum absolute atomic E-state index is 0.360. The van der Waals surface area contributed by atoms with Gasteiger partial charge in [0.2, 0.25) is 0 Å². The lowest BCUT2D eigenvalue weighted by molar-refractivity contribution is 0.0983. The lowest BCUT2D eigenvalue weighted by atomic mass is 10.2. The van der Waals surface area contributed by atoms with Gasteiger partial charge in [-0.25, -0.2) is 0 Å². The fourth-order valence-corrected chi connectivity index (χ4v) is 5.79. The van der Waals surface area contributed by atoms with Crippen molar-refractivity contribution in [1.29, 1.82) is 0 Å². The first-order chi connectivity index (χ1) is 12.5. The molecule has 0 spiro atoms. The zero-order valence-corrected chi connectivity index (χ0v) is 15.4. The molecular formula is C22H18O3Si. The minimum Gasteiger partial charge on any atom is -0.299 e. The summed E-state index contributed by atoms with van der Waals surface area (Å²) in [7, 11) is -3.70. The van der Waals surface area contributed by atoms with E-state index in [0.717, 1.165) is 0 Å². The highest BCUT2D eigenvalue weighted by Crippen LogP contribution is 2.23. The summed E-state index contributed by atoms with van der Waals surface area (Å²) in [6, 6.07) is 25.8. The number of carbonyl (C=O) groups excluding carboxylic acids is 3. The van der Waals surface area contributed by atoms with Crippen LogP contribution in [0.25, 0.3) is 0 Å². The molecule has 0 aromatic heterocycles. The molecule has 26 heavy (non-hydrogen) atoms. The van der Waals surface area contributed by atoms with Crippen molar-refractivity contribution in [1.82, 2.24) is 0 Å². The Morgan fingerprint density at radius 2 is 0.731 bits per heavy atom. The maximum Gasteiger partial charge on any atom is 0.295 e. The van der Waals surface area contributed by atoms with Gasteiger partial charge in [0.1, 0.15) is 0 Å². The second-order valence-electron chi connectivity index (χ2n) is 6.21. The van der Waals surface area contributed by atoms with Gasteiger partial charge in [-0.05, 0) is 6.55 Å². The standard InChI is InChI=1S/C22H18O3Si/c1-26(20(23)17-11-5-2-6-12-17,21(24)18-13-7-3-8-14-18)22(25)19-15-9-4-10-16-19/h2-16H,1H3. The van der Waals surface area contributed by atoms with Gasteiger partial charge in [0.05, 0.1) is 0 Å². The molecule has 0 aliphatic carbocycles. The molecule has 3 nitrogen and oxygen atoms in total. The summed E-state index contributed by atoms with van der Waals surface area (Å²) in [6.07, 6.45) is 0. The molecule has 0 fully saturated rings. The fourth-order valence-electron chi connectivity index (χ4n) is 2.94. The van der Waals surface area contributed by atoms with E-state index in [0.29, 0.717) is 16.7 Å². The van der Waals surface area contributed by atoms with Crippen LogP contribution in [0.2, 0.25) is 6.55 Å². The van der Waals surface area contributed by atoms with E-state index < -0.39 is 8.07 Å². The Morgan fingerprint density at radius 3 is 0.962 bits per heavy atom. The van der Waals surface area contributed by atoms with Crippen molar-refractivity contribution in [3.05, 3.63) is 108 Å². The summed E-state index contributed by atoms with van der Waals surface area (Å²) >= 11 is 0. The topological polar surface area (TPSA) is 51.2 Å². The lowest BCUT2D eigenvalue weighted by Crippen LogP contribution is -2.57. The van der Waals surface area contributed by atoms with Crippen LogP contribution in [-0.2, 0) is 0 Å². The van der Waals surface area contributed by atoms with Crippen LogP contribution in [0.5, 0.6) is 0 Å². The molecule has 0 N–H and O–H groups in total. The molecule has 128 valence electrons. The first-order valence-electron chi connectivity index (χ1n) is 8.34. The van der Waals surface area contributed by atoms with Gasteiger partial charge < -0.3 is 0 Å². The molecule has 0 heterocycles. The Morgan fingerprint density at radius 1 is 0.500 bits per heavy atom. The second-order valence-corrected chi connectivity index (χ2v) is 9.82. The normalized spacial score (nSPS) is 11.0. The van der Waals surface area contributed by atoms with Crippen molar-refractivity contribution in [2.45, 2.75) is 6.55 Å². The van der Waals surface area contributed by atoms with Crippen LogP contribution in [0, 0.1) is 0 Å². The van der Waals surface area contributed by atoms with Crippen LogP contribution in [-0.4, -0.2) is 24.3 Å². The zero-order valence-electron chi connectivity index (χ0n) is 14.4. The first kappa shape index (κ1) is 17.7. The van der Waals surface area contributed by atoms with E-state index in [-0.39, 0.29) is 16.2 Å². The highest BCUT2D eigenvalue weighted by molar-refractivity contribution is 7.42. The Kier molecular flexibility index (Phi) is 5.05. The summed E-state index contributed by atoms with van der Waals surface area (Å²) in [6.45, 7) is 1.56. The molecule has 0 bridgehead atoms. The van der Waals surface area contributed by atoms with E-state index in [4.69, 9.17) is 0 Å². The summed E-state index contributed by atoms with van der Waals surface area (Å²) in [4.78, 5) is 39.9. The maximum absolute atomic E-state index is 13.3. The number of rotatable bonds is 6. The van der Waals surface area contributed by atoms with Crippen molar-refractivity contribution in [2.24, 2.45) is 0 Å². The van der Waals surface area contributed by atoms with Crippen molar-refractivity contribution in [2.75, 3.05) is 0 Å². The SMILES string of the molecule is C[Si](C(=O)c1ccccc1)(C(=O)c1ccccc1)C(=O)c1ccccc1. The van der Waals surface area contributed by atoms with Gasteiger partial charge in [-0.1, -0.05) is 91.0 Å². The molecule has 0 unspecified atom stereocenters. The van der Waals surface area contributed by atoms with Crippen molar-refractivity contribution >= 4 is 24.3 Å². The van der Waals surface area contributed by atoms with Crippen molar-refractivity contribution in [3.63, 3.8) is 0 Å². The first-order valence-corrected chi connectivity index (χ1v) is 10.8. The summed E-state index contributed by atoms with van der Waals surface area (Å²) in [5.74, 6) is 0. The van der Waals surface area contributed by atoms with Gasteiger partial charge >= 0.3 is 0 Å². The summed E-state index contributed by atoms with van der Waals surface area (Å²) in [5, 5.41) is -1.08. The zero-order chi connectivity index (χ0) is 18.6. The highest BCUT2D eigenvalue weighted by Gasteiger charge is 2.52. The van der Waals surface area contributed by atoms with Gasteiger partial charge in [-0.2, -0.15) is 0 Å². The van der Waals surface area contributed by atoms with Crippen LogP contribution in [0.3, 0.4) is 0 Å². The molecule has 0 atom stereocenters. The fraction of sp³-hybridized carbons (Fsp3) is 0.0455. The molecule has 3 rings (SSSR count). The third kappa shape index (κ3) is 3.19. The van der Waals surface area contributed by atoms with Crippen LogP contribution in [0.15, 0.2) is 91.0 Å². The predicted octanol–water partition coefficient (Wildman–Crippen LogP) is 4.33. The maximum atomic E-state index is 13.3. The molecule has 0 aliphatic rings. The van der Waals surface area contributed by atoms with Gasteiger partial charge in [-0.15, -0.1) is 0 Å². The van der Waals surface area contributed by atoms with Gasteiger partial charge in [0.15, 0.2) is 16.2 Å². The van der Waals surface area contributed by atoms with Crippen molar-refractivity contribution in [3.8, 4) is 0 Å². The van der Waals surface area contributed by atoms with E-state index in [9.17, 15) is 14.4 Å². The molecule has 3 aromatic rings. The van der Waals surface area contributed by atoms with Crippen molar-refractivity contribution < 1.29 is 14.4 Å². The molecule has 3 aromatic carbocycles. The Hall–Kier alpha value is -3.11. The lowest BCUT2D eigenvalue weighted by Gasteiger charge is -2.23. The Bertz CT molecular complexity index is 810. The average molecular weight is 358 g/mol. The van der Waals surface area contributed by atoms with E-state index in [1.807, 2.05) is 0 Å². The van der Waals surface area contributed by atoms with Gasteiger partial charge in [-0.3, -0.25) is 14.4 Å². The van der Waals surface area contributed by atoms with E-state index in [2.05, 4.69) is 0 Å². The Labute approximate surface area is 153 Å². The number of benzene rings is 3. The van der Waals surface area contributed by atoms with Gasteiger partial charge in [0, 0.05) is 16.7 Å². The molecule has 4 heteroatoms. The molecule has 0 saturated carbocycles. The molecular weight excluding hydrogens is 340 g/mol. The summed E-state index contributed by atoms with van der Waals surface area (Å²) in [5.41, 5.74) is 1.20. The molecule has 0 amide bonds.